The van der Waals surface area contributed by atoms with Crippen molar-refractivity contribution in [2.24, 2.45) is 0 Å². The van der Waals surface area contributed by atoms with Crippen molar-refractivity contribution in [3.05, 3.63) is 81.1 Å². The molecule has 1 N–H and O–H groups in total. The first-order valence-corrected chi connectivity index (χ1v) is 10.9. The molecule has 0 aliphatic carbocycles. The highest BCUT2D eigenvalue weighted by Gasteiger charge is 2.48. The SMILES string of the molecule is COc1ccc(/C(O)=C2/C(=O)C(=O)N(c3ccc(C)cc3C)C2c2cccs2)c(OC)c1. The summed E-state index contributed by atoms with van der Waals surface area (Å²) in [5.74, 6) is -0.815. The maximum atomic E-state index is 13.2. The highest BCUT2D eigenvalue weighted by atomic mass is 32.1. The Hall–Kier alpha value is -3.58. The number of ether oxygens (including phenoxy) is 2. The minimum Gasteiger partial charge on any atom is -0.507 e. The van der Waals surface area contributed by atoms with Gasteiger partial charge in [-0.3, -0.25) is 14.5 Å². The second kappa shape index (κ2) is 8.51. The van der Waals surface area contributed by atoms with Crippen molar-refractivity contribution in [1.29, 1.82) is 0 Å². The van der Waals surface area contributed by atoms with E-state index in [9.17, 15) is 14.7 Å². The van der Waals surface area contributed by atoms with Gasteiger partial charge in [0.05, 0.1) is 25.4 Å². The molecule has 3 aromatic rings. The lowest BCUT2D eigenvalue weighted by Gasteiger charge is -2.26. The summed E-state index contributed by atoms with van der Waals surface area (Å²) in [5, 5.41) is 13.2. The molecule has 7 heteroatoms. The van der Waals surface area contributed by atoms with Gasteiger partial charge < -0.3 is 14.6 Å². The Morgan fingerprint density at radius 2 is 1.81 bits per heavy atom. The zero-order valence-electron chi connectivity index (χ0n) is 18.2. The molecular formula is C25H23NO5S. The molecule has 1 fully saturated rings. The van der Waals surface area contributed by atoms with Gasteiger partial charge in [-0.15, -0.1) is 11.3 Å². The van der Waals surface area contributed by atoms with E-state index in [1.807, 2.05) is 49.6 Å². The lowest BCUT2D eigenvalue weighted by atomic mass is 9.98. The van der Waals surface area contributed by atoms with Crippen LogP contribution in [0.2, 0.25) is 0 Å². The van der Waals surface area contributed by atoms with E-state index in [1.165, 1.54) is 30.5 Å². The summed E-state index contributed by atoms with van der Waals surface area (Å²) < 4.78 is 10.6. The average Bonchev–Trinajstić information content (AvgIpc) is 3.40. The predicted molar refractivity (Wildman–Crippen MR) is 125 cm³/mol. The number of carbonyl (C=O) groups is 2. The van der Waals surface area contributed by atoms with Crippen LogP contribution < -0.4 is 14.4 Å². The number of hydrogen-bond donors (Lipinski definition) is 1. The Bertz CT molecular complexity index is 1230. The summed E-state index contributed by atoms with van der Waals surface area (Å²) in [6.45, 7) is 3.87. The highest BCUT2D eigenvalue weighted by molar-refractivity contribution is 7.10. The van der Waals surface area contributed by atoms with Gasteiger partial charge in [0.15, 0.2) is 0 Å². The number of anilines is 1. The Kier molecular flexibility index (Phi) is 5.76. The van der Waals surface area contributed by atoms with Crippen molar-refractivity contribution in [2.75, 3.05) is 19.1 Å². The molecule has 2 heterocycles. The number of aliphatic hydroxyl groups is 1. The number of benzene rings is 2. The fourth-order valence-corrected chi connectivity index (χ4v) is 4.84. The fourth-order valence-electron chi connectivity index (χ4n) is 4.01. The molecule has 1 unspecified atom stereocenters. The third kappa shape index (κ3) is 3.54. The number of ketones is 1. The van der Waals surface area contributed by atoms with Crippen molar-refractivity contribution < 1.29 is 24.2 Å². The number of nitrogens with zero attached hydrogens (tertiary/aromatic N) is 1. The molecule has 2 aromatic carbocycles. The second-order valence-electron chi connectivity index (χ2n) is 7.54. The van der Waals surface area contributed by atoms with Crippen molar-refractivity contribution in [3.63, 3.8) is 0 Å². The number of aliphatic hydroxyl groups excluding tert-OH is 1. The Morgan fingerprint density at radius 3 is 2.44 bits per heavy atom. The smallest absolute Gasteiger partial charge is 0.300 e. The topological polar surface area (TPSA) is 76.1 Å². The molecule has 1 aliphatic heterocycles. The van der Waals surface area contributed by atoms with Gasteiger partial charge >= 0.3 is 0 Å². The molecule has 0 saturated carbocycles. The highest BCUT2D eigenvalue weighted by Crippen LogP contribution is 2.45. The van der Waals surface area contributed by atoms with Crippen LogP contribution in [0.25, 0.3) is 5.76 Å². The van der Waals surface area contributed by atoms with Crippen LogP contribution in [0.1, 0.15) is 27.6 Å². The Balaban J connectivity index is 1.95. The first kappa shape index (κ1) is 21.6. The molecule has 0 spiro atoms. The summed E-state index contributed by atoms with van der Waals surface area (Å²) >= 11 is 1.42. The van der Waals surface area contributed by atoms with Crippen LogP contribution in [0.15, 0.2) is 59.5 Å². The van der Waals surface area contributed by atoms with E-state index < -0.39 is 17.7 Å². The first-order valence-electron chi connectivity index (χ1n) is 10.0. The summed E-state index contributed by atoms with van der Waals surface area (Å²) in [6, 6.07) is 13.6. The molecule has 1 atom stereocenters. The standard InChI is InChI=1S/C25H23NO5S/c1-14-7-10-18(15(2)12-14)26-22(20-6-5-11-32-20)21(24(28)25(26)29)23(27)17-9-8-16(30-3)13-19(17)31-4/h5-13,22,27H,1-4H3/b23-21-. The molecule has 1 aromatic heterocycles. The van der Waals surface area contributed by atoms with Crippen LogP contribution in [-0.4, -0.2) is 31.0 Å². The molecule has 164 valence electrons. The van der Waals surface area contributed by atoms with E-state index in [2.05, 4.69) is 0 Å². The minimum atomic E-state index is -0.747. The van der Waals surface area contributed by atoms with Gasteiger partial charge in [-0.1, -0.05) is 23.8 Å². The average molecular weight is 450 g/mol. The van der Waals surface area contributed by atoms with Crippen LogP contribution >= 0.6 is 11.3 Å². The van der Waals surface area contributed by atoms with E-state index in [4.69, 9.17) is 9.47 Å². The lowest BCUT2D eigenvalue weighted by Crippen LogP contribution is -2.29. The number of methoxy groups -OCH3 is 2. The number of rotatable bonds is 5. The van der Waals surface area contributed by atoms with Gasteiger partial charge in [0.25, 0.3) is 11.7 Å². The van der Waals surface area contributed by atoms with E-state index in [-0.39, 0.29) is 11.3 Å². The monoisotopic (exact) mass is 449 g/mol. The van der Waals surface area contributed by atoms with Gasteiger partial charge in [-0.2, -0.15) is 0 Å². The number of thiophene rings is 1. The Labute approximate surface area is 190 Å². The number of Topliss-reactive ketones (excluding diaryl/α,β-unsaturated/α-hetero) is 1. The third-order valence-electron chi connectivity index (χ3n) is 5.53. The van der Waals surface area contributed by atoms with Crippen LogP contribution in [0.3, 0.4) is 0 Å². The quantitative estimate of drug-likeness (QED) is 0.337. The van der Waals surface area contributed by atoms with Crippen LogP contribution in [-0.2, 0) is 9.59 Å². The summed E-state index contributed by atoms with van der Waals surface area (Å²) in [6.07, 6.45) is 0. The summed E-state index contributed by atoms with van der Waals surface area (Å²) in [7, 11) is 3.00. The molecule has 1 aliphatic rings. The molecule has 6 nitrogen and oxygen atoms in total. The zero-order valence-corrected chi connectivity index (χ0v) is 19.0. The summed E-state index contributed by atoms with van der Waals surface area (Å²) in [5.41, 5.74) is 2.90. The van der Waals surface area contributed by atoms with E-state index >= 15 is 0 Å². The number of hydrogen-bond acceptors (Lipinski definition) is 6. The summed E-state index contributed by atoms with van der Waals surface area (Å²) in [4.78, 5) is 28.7. The number of aryl methyl sites for hydroxylation is 2. The maximum absolute atomic E-state index is 13.2. The molecule has 0 bridgehead atoms. The van der Waals surface area contributed by atoms with Gasteiger partial charge in [0.1, 0.15) is 23.3 Å². The molecule has 32 heavy (non-hydrogen) atoms. The van der Waals surface area contributed by atoms with Gasteiger partial charge in [-0.25, -0.2) is 0 Å². The number of amides is 1. The van der Waals surface area contributed by atoms with Crippen molar-refractivity contribution in [3.8, 4) is 11.5 Å². The van der Waals surface area contributed by atoms with Gasteiger partial charge in [0.2, 0.25) is 0 Å². The second-order valence-corrected chi connectivity index (χ2v) is 8.52. The van der Waals surface area contributed by atoms with Crippen LogP contribution in [0.4, 0.5) is 5.69 Å². The van der Waals surface area contributed by atoms with E-state index in [0.717, 1.165) is 16.0 Å². The maximum Gasteiger partial charge on any atom is 0.300 e. The van der Waals surface area contributed by atoms with Gasteiger partial charge in [0, 0.05) is 16.6 Å². The van der Waals surface area contributed by atoms with Gasteiger partial charge in [-0.05, 0) is 49.1 Å². The van der Waals surface area contributed by atoms with Crippen molar-refractivity contribution in [1.82, 2.24) is 0 Å². The molecular weight excluding hydrogens is 426 g/mol. The minimum absolute atomic E-state index is 0.0286. The molecule has 4 rings (SSSR count). The van der Waals surface area contributed by atoms with Crippen molar-refractivity contribution in [2.45, 2.75) is 19.9 Å². The molecule has 0 radical (unpaired) electrons. The Morgan fingerprint density at radius 1 is 1.03 bits per heavy atom. The molecule has 1 amide bonds. The predicted octanol–water partition coefficient (Wildman–Crippen LogP) is 5.01. The van der Waals surface area contributed by atoms with E-state index in [0.29, 0.717) is 22.7 Å². The fraction of sp³-hybridized carbons (Fsp3) is 0.200. The van der Waals surface area contributed by atoms with Crippen LogP contribution in [0, 0.1) is 13.8 Å². The number of carbonyl (C=O) groups excluding carboxylic acids is 2. The normalized spacial score (nSPS) is 17.6. The third-order valence-corrected chi connectivity index (χ3v) is 6.46. The van der Waals surface area contributed by atoms with E-state index in [1.54, 1.807) is 18.2 Å². The van der Waals surface area contributed by atoms with Crippen molar-refractivity contribution >= 4 is 34.5 Å². The molecule has 1 saturated heterocycles. The first-order chi connectivity index (χ1) is 15.4. The largest absolute Gasteiger partial charge is 0.507 e. The zero-order chi connectivity index (χ0) is 23.0. The lowest BCUT2D eigenvalue weighted by molar-refractivity contribution is -0.132. The van der Waals surface area contributed by atoms with Crippen LogP contribution in [0.5, 0.6) is 11.5 Å².